The first-order chi connectivity index (χ1) is 10.3. The van der Waals surface area contributed by atoms with Gasteiger partial charge in [-0.2, -0.15) is 0 Å². The molecule has 0 amide bonds. The molecule has 2 aromatic carbocycles. The molecule has 2 heterocycles. The Morgan fingerprint density at radius 1 is 1.00 bits per heavy atom. The zero-order valence-electron chi connectivity index (χ0n) is 11.8. The van der Waals surface area contributed by atoms with Gasteiger partial charge in [-0.1, -0.05) is 47.7 Å². The Morgan fingerprint density at radius 2 is 1.71 bits per heavy atom. The highest BCUT2D eigenvalue weighted by Crippen LogP contribution is 2.39. The molecule has 1 aromatic heterocycles. The van der Waals surface area contributed by atoms with Gasteiger partial charge in [0, 0.05) is 30.4 Å². The zero-order valence-corrected chi connectivity index (χ0v) is 11.8. The van der Waals surface area contributed by atoms with Crippen LogP contribution in [0.2, 0.25) is 0 Å². The van der Waals surface area contributed by atoms with E-state index in [9.17, 15) is 0 Å². The van der Waals surface area contributed by atoms with Crippen molar-refractivity contribution < 1.29 is 0 Å². The smallest absolute Gasteiger partial charge is 0.121 e. The first-order valence-electron chi connectivity index (χ1n) is 6.91. The molecule has 0 saturated heterocycles. The third kappa shape index (κ3) is 1.76. The van der Waals surface area contributed by atoms with Crippen molar-refractivity contribution in [2.45, 2.75) is 6.54 Å². The average Bonchev–Trinajstić information content (AvgIpc) is 2.87. The monoisotopic (exact) mass is 275 g/mol. The molecule has 0 aliphatic carbocycles. The molecule has 1 aliphatic rings. The number of hydrogen-bond donors (Lipinski definition) is 0. The predicted octanol–water partition coefficient (Wildman–Crippen LogP) is 3.20. The summed E-state index contributed by atoms with van der Waals surface area (Å²) in [5.74, 6) is 0. The lowest BCUT2D eigenvalue weighted by molar-refractivity contribution is 0.804. The molecule has 4 nitrogen and oxygen atoms in total. The van der Waals surface area contributed by atoms with Gasteiger partial charge in [-0.25, -0.2) is 4.68 Å². The number of nitrogens with zero attached hydrogens (tertiary/aromatic N) is 4. The molecule has 21 heavy (non-hydrogen) atoms. The van der Waals surface area contributed by atoms with Crippen LogP contribution in [0.5, 0.6) is 0 Å². The Balaban J connectivity index is 2.11. The first-order valence-corrected chi connectivity index (χ1v) is 6.91. The van der Waals surface area contributed by atoms with E-state index in [-0.39, 0.29) is 0 Å². The van der Waals surface area contributed by atoms with Gasteiger partial charge in [0.25, 0.3) is 0 Å². The van der Waals surface area contributed by atoms with Crippen molar-refractivity contribution >= 4 is 5.69 Å². The zero-order chi connectivity index (χ0) is 14.4. The fourth-order valence-electron chi connectivity index (χ4n) is 3.00. The van der Waals surface area contributed by atoms with Gasteiger partial charge in [-0.15, -0.1) is 5.10 Å². The van der Waals surface area contributed by atoms with Gasteiger partial charge in [0.2, 0.25) is 0 Å². The minimum atomic E-state index is 0.844. The van der Waals surface area contributed by atoms with E-state index < -0.39 is 0 Å². The maximum atomic E-state index is 4.36. The molecule has 0 saturated carbocycles. The molecular formula is C17H15N4. The van der Waals surface area contributed by atoms with Crippen molar-refractivity contribution in [2.75, 3.05) is 11.9 Å². The minimum absolute atomic E-state index is 0.844. The van der Waals surface area contributed by atoms with Gasteiger partial charge in [-0.05, 0) is 11.6 Å². The Hall–Kier alpha value is -2.62. The Morgan fingerprint density at radius 3 is 2.57 bits per heavy atom. The summed E-state index contributed by atoms with van der Waals surface area (Å²) in [4.78, 5) is 2.25. The number of aromatic nitrogens is 3. The second kappa shape index (κ2) is 4.45. The van der Waals surface area contributed by atoms with E-state index in [4.69, 9.17) is 0 Å². The highest BCUT2D eigenvalue weighted by molar-refractivity contribution is 5.88. The molecule has 1 radical (unpaired) electrons. The second-order valence-corrected chi connectivity index (χ2v) is 5.32. The highest BCUT2D eigenvalue weighted by Gasteiger charge is 2.23. The van der Waals surface area contributed by atoms with Crippen molar-refractivity contribution in [3.8, 4) is 22.5 Å². The van der Waals surface area contributed by atoms with Crippen LogP contribution in [-0.4, -0.2) is 22.0 Å². The first kappa shape index (κ1) is 12.1. The molecular weight excluding hydrogens is 260 g/mol. The third-order valence-corrected chi connectivity index (χ3v) is 3.99. The van der Waals surface area contributed by atoms with Gasteiger partial charge in [0.1, 0.15) is 5.69 Å². The summed E-state index contributed by atoms with van der Waals surface area (Å²) in [7, 11) is 6.10. The number of rotatable bonds is 0. The van der Waals surface area contributed by atoms with E-state index in [0.717, 1.165) is 29.1 Å². The van der Waals surface area contributed by atoms with Gasteiger partial charge in [0.15, 0.2) is 0 Å². The van der Waals surface area contributed by atoms with Crippen LogP contribution in [0.3, 0.4) is 0 Å². The summed E-state index contributed by atoms with van der Waals surface area (Å²) in [6.07, 6.45) is 0. The largest absolute Gasteiger partial charge is 0.370 e. The topological polar surface area (TPSA) is 34.0 Å². The minimum Gasteiger partial charge on any atom is -0.370 e. The Labute approximate surface area is 123 Å². The Kier molecular flexibility index (Phi) is 2.57. The molecule has 0 bridgehead atoms. The van der Waals surface area contributed by atoms with Crippen LogP contribution in [-0.2, 0) is 6.54 Å². The SMILES string of the molecule is [CH2]n1nnc2c1-c1ccccc1N(C)Cc1ccccc1-2. The lowest BCUT2D eigenvalue weighted by atomic mass is 9.96. The quantitative estimate of drug-likeness (QED) is 0.632. The van der Waals surface area contributed by atoms with Crippen LogP contribution in [0, 0.1) is 7.05 Å². The molecule has 0 unspecified atom stereocenters. The summed E-state index contributed by atoms with van der Waals surface area (Å²) in [5.41, 5.74) is 6.52. The van der Waals surface area contributed by atoms with E-state index in [0.29, 0.717) is 0 Å². The van der Waals surface area contributed by atoms with Crippen molar-refractivity contribution in [3.05, 3.63) is 61.1 Å². The van der Waals surface area contributed by atoms with Crippen LogP contribution in [0.25, 0.3) is 22.5 Å². The second-order valence-electron chi connectivity index (χ2n) is 5.32. The van der Waals surface area contributed by atoms with Crippen molar-refractivity contribution in [1.29, 1.82) is 0 Å². The number of anilines is 1. The maximum Gasteiger partial charge on any atom is 0.121 e. The van der Waals surface area contributed by atoms with Crippen molar-refractivity contribution in [2.24, 2.45) is 0 Å². The molecule has 0 fully saturated rings. The lowest BCUT2D eigenvalue weighted by Gasteiger charge is -2.26. The summed E-state index contributed by atoms with van der Waals surface area (Å²) < 4.78 is 1.62. The number of para-hydroxylation sites is 1. The van der Waals surface area contributed by atoms with E-state index in [1.807, 2.05) is 12.1 Å². The summed E-state index contributed by atoms with van der Waals surface area (Å²) in [6.45, 7) is 0.844. The van der Waals surface area contributed by atoms with Gasteiger partial charge >= 0.3 is 0 Å². The standard InChI is InChI=1S/C17H15N4/c1-20-11-12-7-3-4-8-13(12)16-17(21(2)19-18-16)14-9-5-6-10-15(14)20/h3-10H,2,11H2,1H3. The fourth-order valence-corrected chi connectivity index (χ4v) is 3.00. The van der Waals surface area contributed by atoms with E-state index in [1.54, 1.807) is 4.68 Å². The molecule has 4 heteroatoms. The summed E-state index contributed by atoms with van der Waals surface area (Å²) in [5, 5.41) is 8.50. The summed E-state index contributed by atoms with van der Waals surface area (Å²) in [6, 6.07) is 16.7. The number of hydrogen-bond acceptors (Lipinski definition) is 3. The highest BCUT2D eigenvalue weighted by atomic mass is 15.4. The van der Waals surface area contributed by atoms with E-state index in [1.165, 1.54) is 11.3 Å². The van der Waals surface area contributed by atoms with Gasteiger partial charge in [-0.3, -0.25) is 0 Å². The van der Waals surface area contributed by atoms with Gasteiger partial charge in [0.05, 0.1) is 12.7 Å². The molecule has 4 rings (SSSR count). The van der Waals surface area contributed by atoms with E-state index >= 15 is 0 Å². The fraction of sp³-hybridized carbons (Fsp3) is 0.118. The van der Waals surface area contributed by atoms with Crippen LogP contribution in [0.15, 0.2) is 48.5 Å². The summed E-state index contributed by atoms with van der Waals surface area (Å²) >= 11 is 0. The molecule has 0 N–H and O–H groups in total. The molecule has 103 valence electrons. The van der Waals surface area contributed by atoms with Crippen molar-refractivity contribution in [3.63, 3.8) is 0 Å². The molecule has 0 atom stereocenters. The van der Waals surface area contributed by atoms with Crippen LogP contribution in [0.1, 0.15) is 5.56 Å². The van der Waals surface area contributed by atoms with Crippen LogP contribution in [0.4, 0.5) is 5.69 Å². The van der Waals surface area contributed by atoms with E-state index in [2.05, 4.69) is 65.7 Å². The number of fused-ring (bicyclic) bond motifs is 5. The van der Waals surface area contributed by atoms with Crippen LogP contribution >= 0.6 is 0 Å². The lowest BCUT2D eigenvalue weighted by Crippen LogP contribution is -2.19. The Bertz CT molecular complexity index is 819. The maximum absolute atomic E-state index is 4.36. The van der Waals surface area contributed by atoms with Gasteiger partial charge < -0.3 is 4.90 Å². The number of benzene rings is 2. The predicted molar refractivity (Wildman–Crippen MR) is 83.8 cm³/mol. The molecule has 3 aromatic rings. The van der Waals surface area contributed by atoms with Crippen LogP contribution < -0.4 is 4.90 Å². The third-order valence-electron chi connectivity index (χ3n) is 3.99. The normalized spacial score (nSPS) is 13.0. The molecule has 1 aliphatic heterocycles. The van der Waals surface area contributed by atoms with Crippen molar-refractivity contribution in [1.82, 2.24) is 15.0 Å². The average molecular weight is 275 g/mol. The molecule has 0 spiro atoms.